The van der Waals surface area contributed by atoms with Gasteiger partial charge in [-0.05, 0) is 12.1 Å². The normalized spacial score (nSPS) is 10.2. The Morgan fingerprint density at radius 3 is 2.47 bits per heavy atom. The van der Waals surface area contributed by atoms with Crippen molar-refractivity contribution in [3.05, 3.63) is 22.2 Å². The monoisotopic (exact) mass is 267 g/mol. The average molecular weight is 269 g/mol. The molecule has 0 fully saturated rings. The van der Waals surface area contributed by atoms with Crippen LogP contribution >= 0.6 is 34.8 Å². The number of rotatable bonds is 4. The Bertz CT molecular complexity index is 344. The van der Waals surface area contributed by atoms with Gasteiger partial charge in [-0.25, -0.2) is 0 Å². The topological polar surface area (TPSA) is 12.5 Å². The summed E-state index contributed by atoms with van der Waals surface area (Å²) in [5.74, 6) is 1.11. The van der Waals surface area contributed by atoms with Gasteiger partial charge in [0.25, 0.3) is 0 Å². The quantitative estimate of drug-likeness (QED) is 0.773. The fourth-order valence-corrected chi connectivity index (χ4v) is 2.01. The SMILES string of the molecule is COc1ccc(N(C)CCCl)c(Cl)c1Cl. The number of nitrogens with zero attached hydrogens (tertiary/aromatic N) is 1. The van der Waals surface area contributed by atoms with Gasteiger partial charge < -0.3 is 9.64 Å². The van der Waals surface area contributed by atoms with Gasteiger partial charge in [-0.3, -0.25) is 0 Å². The molecule has 0 spiro atoms. The van der Waals surface area contributed by atoms with E-state index in [2.05, 4.69) is 0 Å². The predicted molar refractivity (Wildman–Crippen MR) is 67.0 cm³/mol. The number of halogens is 3. The number of hydrogen-bond donors (Lipinski definition) is 0. The number of methoxy groups -OCH3 is 1. The second kappa shape index (κ2) is 5.69. The van der Waals surface area contributed by atoms with Crippen molar-refractivity contribution in [2.45, 2.75) is 0 Å². The summed E-state index contributed by atoms with van der Waals surface area (Å²) in [5, 5.41) is 0.918. The molecular formula is C10H12Cl3NO. The molecule has 0 amide bonds. The first-order valence-electron chi connectivity index (χ1n) is 4.41. The van der Waals surface area contributed by atoms with Gasteiger partial charge in [0.15, 0.2) is 0 Å². The summed E-state index contributed by atoms with van der Waals surface area (Å²) in [7, 11) is 3.46. The van der Waals surface area contributed by atoms with Crippen molar-refractivity contribution in [2.24, 2.45) is 0 Å². The Morgan fingerprint density at radius 2 is 1.93 bits per heavy atom. The second-order valence-corrected chi connectivity index (χ2v) is 4.16. The minimum absolute atomic E-state index is 0.429. The minimum atomic E-state index is 0.429. The van der Waals surface area contributed by atoms with E-state index >= 15 is 0 Å². The van der Waals surface area contributed by atoms with Gasteiger partial charge in [0.2, 0.25) is 0 Å². The molecule has 0 unspecified atom stereocenters. The summed E-state index contributed by atoms with van der Waals surface area (Å²) >= 11 is 17.8. The van der Waals surface area contributed by atoms with E-state index in [0.29, 0.717) is 28.2 Å². The van der Waals surface area contributed by atoms with Crippen LogP contribution in [0.4, 0.5) is 5.69 Å². The Morgan fingerprint density at radius 1 is 1.27 bits per heavy atom. The first-order valence-corrected chi connectivity index (χ1v) is 5.70. The molecule has 0 bridgehead atoms. The lowest BCUT2D eigenvalue weighted by atomic mass is 10.2. The number of hydrogen-bond acceptors (Lipinski definition) is 2. The third kappa shape index (κ3) is 2.83. The van der Waals surface area contributed by atoms with Crippen LogP contribution in [0.2, 0.25) is 10.0 Å². The first-order chi connectivity index (χ1) is 7.11. The molecule has 0 atom stereocenters. The molecule has 15 heavy (non-hydrogen) atoms. The van der Waals surface area contributed by atoms with Crippen molar-refractivity contribution >= 4 is 40.5 Å². The Balaban J connectivity index is 3.06. The van der Waals surface area contributed by atoms with E-state index in [1.165, 1.54) is 0 Å². The molecule has 0 aliphatic rings. The van der Waals surface area contributed by atoms with Gasteiger partial charge in [0, 0.05) is 19.5 Å². The van der Waals surface area contributed by atoms with Crippen LogP contribution in [0, 0.1) is 0 Å². The third-order valence-electron chi connectivity index (χ3n) is 2.08. The van der Waals surface area contributed by atoms with Crippen LogP contribution in [-0.2, 0) is 0 Å². The van der Waals surface area contributed by atoms with Crippen molar-refractivity contribution in [1.82, 2.24) is 0 Å². The van der Waals surface area contributed by atoms with Gasteiger partial charge in [0.05, 0.1) is 17.8 Å². The lowest BCUT2D eigenvalue weighted by Crippen LogP contribution is -2.19. The van der Waals surface area contributed by atoms with E-state index in [0.717, 1.165) is 5.69 Å². The molecule has 0 saturated carbocycles. The number of ether oxygens (including phenoxy) is 1. The molecule has 1 rings (SSSR count). The standard InChI is InChI=1S/C10H12Cl3NO/c1-14(6-5-11)7-3-4-8(15-2)10(13)9(7)12/h3-4H,5-6H2,1-2H3. The molecule has 0 heterocycles. The van der Waals surface area contributed by atoms with Crippen LogP contribution < -0.4 is 9.64 Å². The summed E-state index contributed by atoms with van der Waals surface area (Å²) in [4.78, 5) is 1.95. The number of alkyl halides is 1. The highest BCUT2D eigenvalue weighted by Crippen LogP contribution is 2.38. The molecule has 1 aromatic rings. The van der Waals surface area contributed by atoms with E-state index in [1.54, 1.807) is 13.2 Å². The lowest BCUT2D eigenvalue weighted by Gasteiger charge is -2.20. The summed E-state index contributed by atoms with van der Waals surface area (Å²) in [5.41, 5.74) is 0.850. The molecule has 0 aliphatic carbocycles. The Hall–Kier alpha value is -0.310. The molecule has 1 aromatic carbocycles. The highest BCUT2D eigenvalue weighted by Gasteiger charge is 2.12. The molecule has 0 N–H and O–H groups in total. The maximum absolute atomic E-state index is 6.11. The van der Waals surface area contributed by atoms with Gasteiger partial charge >= 0.3 is 0 Å². The van der Waals surface area contributed by atoms with Gasteiger partial charge in [-0.1, -0.05) is 23.2 Å². The smallest absolute Gasteiger partial charge is 0.139 e. The van der Waals surface area contributed by atoms with E-state index in [4.69, 9.17) is 39.5 Å². The summed E-state index contributed by atoms with van der Waals surface area (Å²) in [6, 6.07) is 3.65. The molecule has 0 radical (unpaired) electrons. The van der Waals surface area contributed by atoms with Crippen molar-refractivity contribution in [3.8, 4) is 5.75 Å². The third-order valence-corrected chi connectivity index (χ3v) is 3.10. The van der Waals surface area contributed by atoms with Crippen LogP contribution in [0.1, 0.15) is 0 Å². The van der Waals surface area contributed by atoms with Crippen molar-refractivity contribution in [1.29, 1.82) is 0 Å². The molecule has 84 valence electrons. The van der Waals surface area contributed by atoms with Crippen molar-refractivity contribution in [2.75, 3.05) is 31.5 Å². The summed E-state index contributed by atoms with van der Waals surface area (Å²) in [6.45, 7) is 0.712. The lowest BCUT2D eigenvalue weighted by molar-refractivity contribution is 0.415. The molecule has 5 heteroatoms. The zero-order valence-corrected chi connectivity index (χ0v) is 10.8. The molecule has 0 aromatic heterocycles. The second-order valence-electron chi connectivity index (χ2n) is 3.03. The Kier molecular flexibility index (Phi) is 4.84. The van der Waals surface area contributed by atoms with Crippen LogP contribution in [0.15, 0.2) is 12.1 Å². The highest BCUT2D eigenvalue weighted by atomic mass is 35.5. The van der Waals surface area contributed by atoms with Crippen LogP contribution in [0.25, 0.3) is 0 Å². The largest absolute Gasteiger partial charge is 0.495 e. The Labute approximate surface area is 105 Å². The highest BCUT2D eigenvalue weighted by molar-refractivity contribution is 6.44. The van der Waals surface area contributed by atoms with Crippen LogP contribution in [-0.4, -0.2) is 26.6 Å². The maximum atomic E-state index is 6.11. The predicted octanol–water partition coefficient (Wildman–Crippen LogP) is 3.68. The first kappa shape index (κ1) is 12.8. The van der Waals surface area contributed by atoms with E-state index in [-0.39, 0.29) is 0 Å². The fraction of sp³-hybridized carbons (Fsp3) is 0.400. The van der Waals surface area contributed by atoms with Gasteiger partial charge in [-0.15, -0.1) is 11.6 Å². The number of benzene rings is 1. The van der Waals surface area contributed by atoms with Crippen molar-refractivity contribution < 1.29 is 4.74 Å². The van der Waals surface area contributed by atoms with Crippen molar-refractivity contribution in [3.63, 3.8) is 0 Å². The molecular weight excluding hydrogens is 256 g/mol. The minimum Gasteiger partial charge on any atom is -0.495 e. The zero-order chi connectivity index (χ0) is 11.4. The zero-order valence-electron chi connectivity index (χ0n) is 8.56. The average Bonchev–Trinajstić information content (AvgIpc) is 2.22. The van der Waals surface area contributed by atoms with Gasteiger partial charge in [-0.2, -0.15) is 0 Å². The van der Waals surface area contributed by atoms with Crippen LogP contribution in [0.3, 0.4) is 0 Å². The summed E-state index contributed by atoms with van der Waals surface area (Å²) in [6.07, 6.45) is 0. The van der Waals surface area contributed by atoms with E-state index in [1.807, 2.05) is 18.0 Å². The number of anilines is 1. The molecule has 2 nitrogen and oxygen atoms in total. The summed E-state index contributed by atoms with van der Waals surface area (Å²) < 4.78 is 5.06. The van der Waals surface area contributed by atoms with E-state index in [9.17, 15) is 0 Å². The molecule has 0 aliphatic heterocycles. The molecule has 0 saturated heterocycles. The fourth-order valence-electron chi connectivity index (χ4n) is 1.22. The van der Waals surface area contributed by atoms with Crippen LogP contribution in [0.5, 0.6) is 5.75 Å². The maximum Gasteiger partial charge on any atom is 0.139 e. The van der Waals surface area contributed by atoms with E-state index < -0.39 is 0 Å². The van der Waals surface area contributed by atoms with Gasteiger partial charge in [0.1, 0.15) is 10.8 Å².